The summed E-state index contributed by atoms with van der Waals surface area (Å²) < 4.78 is 38.0. The fraction of sp³-hybridized carbons (Fsp3) is 0.567. The number of ether oxygens (including phenoxy) is 1. The third kappa shape index (κ3) is 4.57. The number of rotatable bonds is 11. The Labute approximate surface area is 230 Å². The number of carbonyl (C=O) groups excluding carboxylic acids is 3. The summed E-state index contributed by atoms with van der Waals surface area (Å²) in [4.78, 5) is 39.8. The van der Waals surface area contributed by atoms with E-state index in [0.717, 1.165) is 32.1 Å². The fourth-order valence-corrected chi connectivity index (χ4v) is 8.57. The molecule has 2 fully saturated rings. The number of nitrogens with zero attached hydrogens (tertiary/aromatic N) is 1. The molecule has 9 heteroatoms. The number of Topliss-reactive ketones (excluding diaryl/α,β-unsaturated/α-hetero) is 1. The second-order valence-corrected chi connectivity index (χ2v) is 13.5. The minimum Gasteiger partial charge on any atom is -0.493 e. The van der Waals surface area contributed by atoms with Crippen LogP contribution in [0.5, 0.6) is 5.75 Å². The number of fused-ring (bicyclic) bond motifs is 2. The van der Waals surface area contributed by atoms with Crippen molar-refractivity contribution in [1.82, 2.24) is 5.06 Å². The molecule has 1 aliphatic heterocycles. The van der Waals surface area contributed by atoms with Gasteiger partial charge in [-0.1, -0.05) is 59.1 Å². The maximum absolute atomic E-state index is 13.6. The number of hydrogen-bond donors (Lipinski definition) is 0. The number of hydroxylamine groups is 2. The maximum atomic E-state index is 13.6. The van der Waals surface area contributed by atoms with Crippen LogP contribution in [0, 0.1) is 22.7 Å². The molecule has 0 spiro atoms. The van der Waals surface area contributed by atoms with Crippen molar-refractivity contribution in [1.29, 1.82) is 0 Å². The smallest absolute Gasteiger partial charge is 0.289 e. The normalized spacial score (nSPS) is 24.6. The minimum absolute atomic E-state index is 0.0894. The van der Waals surface area contributed by atoms with Crippen LogP contribution >= 0.6 is 0 Å². The summed E-state index contributed by atoms with van der Waals surface area (Å²) in [6.45, 7) is 8.61. The first-order chi connectivity index (χ1) is 18.4. The SMILES string of the molecule is CCCCC(CC)COc1cc2c3c(cccc3c1)C(=O)N(OS(=O)(=O)CC13CCC(CC1=O)C3(C)C)C2=O. The zero-order valence-electron chi connectivity index (χ0n) is 23.1. The van der Waals surface area contributed by atoms with Gasteiger partial charge in [0.05, 0.1) is 28.9 Å². The largest absolute Gasteiger partial charge is 0.493 e. The fourth-order valence-electron chi connectivity index (χ4n) is 6.87. The summed E-state index contributed by atoms with van der Waals surface area (Å²) in [5, 5.41) is 1.43. The van der Waals surface area contributed by atoms with E-state index in [1.54, 1.807) is 30.3 Å². The summed E-state index contributed by atoms with van der Waals surface area (Å²) in [5.74, 6) is -1.39. The maximum Gasteiger partial charge on any atom is 0.289 e. The Bertz CT molecular complexity index is 1450. The average Bonchev–Trinajstić information content (AvgIpc) is 3.23. The topological polar surface area (TPSA) is 107 Å². The van der Waals surface area contributed by atoms with Crippen molar-refractivity contribution >= 4 is 38.5 Å². The molecule has 2 saturated carbocycles. The van der Waals surface area contributed by atoms with Gasteiger partial charge in [-0.15, -0.1) is 9.35 Å². The summed E-state index contributed by atoms with van der Waals surface area (Å²) in [7, 11) is -4.46. The molecule has 2 aromatic carbocycles. The van der Waals surface area contributed by atoms with Crippen molar-refractivity contribution in [2.75, 3.05) is 12.4 Å². The number of ketones is 1. The first-order valence-electron chi connectivity index (χ1n) is 14.0. The molecule has 2 amide bonds. The molecular formula is C30H37NO7S. The van der Waals surface area contributed by atoms with Crippen LogP contribution in [0.15, 0.2) is 30.3 Å². The summed E-state index contributed by atoms with van der Waals surface area (Å²) in [5.41, 5.74) is -1.26. The zero-order valence-corrected chi connectivity index (χ0v) is 23.9. The molecule has 3 atom stereocenters. The molecule has 5 rings (SSSR count). The average molecular weight is 556 g/mol. The highest BCUT2D eigenvalue weighted by molar-refractivity contribution is 7.86. The molecule has 3 aliphatic rings. The van der Waals surface area contributed by atoms with Gasteiger partial charge in [0.2, 0.25) is 0 Å². The van der Waals surface area contributed by atoms with Crippen LogP contribution in [0.4, 0.5) is 0 Å². The van der Waals surface area contributed by atoms with Gasteiger partial charge < -0.3 is 4.74 Å². The second kappa shape index (κ2) is 10.0. The highest BCUT2D eigenvalue weighted by atomic mass is 32.2. The van der Waals surface area contributed by atoms with Gasteiger partial charge in [0.15, 0.2) is 0 Å². The predicted molar refractivity (Wildman–Crippen MR) is 147 cm³/mol. The van der Waals surface area contributed by atoms with E-state index in [0.29, 0.717) is 47.0 Å². The van der Waals surface area contributed by atoms with Gasteiger partial charge in [-0.3, -0.25) is 14.4 Å². The van der Waals surface area contributed by atoms with Gasteiger partial charge in [0, 0.05) is 11.8 Å². The van der Waals surface area contributed by atoms with Crippen molar-refractivity contribution in [2.45, 2.75) is 72.6 Å². The molecule has 3 unspecified atom stereocenters. The summed E-state index contributed by atoms with van der Waals surface area (Å²) in [6, 6.07) is 8.37. The number of imide groups is 1. The van der Waals surface area contributed by atoms with Gasteiger partial charge >= 0.3 is 0 Å². The zero-order chi connectivity index (χ0) is 28.2. The lowest BCUT2D eigenvalue weighted by atomic mass is 9.70. The van der Waals surface area contributed by atoms with Crippen molar-refractivity contribution < 1.29 is 31.8 Å². The number of amides is 2. The van der Waals surface area contributed by atoms with Crippen molar-refractivity contribution in [3.8, 4) is 5.75 Å². The van der Waals surface area contributed by atoms with E-state index in [4.69, 9.17) is 9.02 Å². The predicted octanol–water partition coefficient (Wildman–Crippen LogP) is 5.69. The lowest BCUT2D eigenvalue weighted by Gasteiger charge is -2.36. The molecule has 1 heterocycles. The third-order valence-electron chi connectivity index (χ3n) is 9.56. The Hall–Kier alpha value is -2.78. The summed E-state index contributed by atoms with van der Waals surface area (Å²) >= 11 is 0. The van der Waals surface area contributed by atoms with E-state index in [1.807, 2.05) is 13.8 Å². The van der Waals surface area contributed by atoms with Gasteiger partial charge in [-0.25, -0.2) is 0 Å². The lowest BCUT2D eigenvalue weighted by molar-refractivity contribution is -0.128. The lowest BCUT2D eigenvalue weighted by Crippen LogP contribution is -2.46. The number of unbranched alkanes of at least 4 members (excludes halogenated alkanes) is 1. The molecule has 210 valence electrons. The first-order valence-corrected chi connectivity index (χ1v) is 15.6. The van der Waals surface area contributed by atoms with Crippen LogP contribution in [0.25, 0.3) is 10.8 Å². The molecule has 0 saturated heterocycles. The van der Waals surface area contributed by atoms with E-state index >= 15 is 0 Å². The van der Waals surface area contributed by atoms with Crippen LogP contribution in [0.2, 0.25) is 0 Å². The molecule has 0 radical (unpaired) electrons. The second-order valence-electron chi connectivity index (χ2n) is 11.9. The molecule has 0 N–H and O–H groups in total. The summed E-state index contributed by atoms with van der Waals surface area (Å²) in [6.07, 6.45) is 5.80. The van der Waals surface area contributed by atoms with E-state index < -0.39 is 38.5 Å². The van der Waals surface area contributed by atoms with E-state index in [2.05, 4.69) is 13.8 Å². The number of benzene rings is 2. The molecule has 2 aromatic rings. The van der Waals surface area contributed by atoms with E-state index in [9.17, 15) is 22.8 Å². The Balaban J connectivity index is 1.42. The Kier molecular flexibility index (Phi) is 7.12. The number of hydrogen-bond acceptors (Lipinski definition) is 7. The Morgan fingerprint density at radius 1 is 1.08 bits per heavy atom. The van der Waals surface area contributed by atoms with Crippen molar-refractivity contribution in [2.24, 2.45) is 22.7 Å². The van der Waals surface area contributed by atoms with Crippen LogP contribution < -0.4 is 4.74 Å². The van der Waals surface area contributed by atoms with Gasteiger partial charge in [0.1, 0.15) is 11.5 Å². The molecule has 39 heavy (non-hydrogen) atoms. The quantitative estimate of drug-likeness (QED) is 0.328. The molecular weight excluding hydrogens is 518 g/mol. The third-order valence-corrected chi connectivity index (χ3v) is 10.8. The van der Waals surface area contributed by atoms with Crippen LogP contribution in [-0.2, 0) is 19.2 Å². The van der Waals surface area contributed by atoms with Gasteiger partial charge in [-0.05, 0) is 60.1 Å². The van der Waals surface area contributed by atoms with Gasteiger partial charge in [0.25, 0.3) is 21.9 Å². The Morgan fingerprint density at radius 2 is 1.82 bits per heavy atom. The van der Waals surface area contributed by atoms with Crippen molar-refractivity contribution in [3.05, 3.63) is 41.5 Å². The molecule has 2 bridgehead atoms. The first kappa shape index (κ1) is 27.8. The van der Waals surface area contributed by atoms with Crippen LogP contribution in [-0.4, -0.2) is 43.4 Å². The van der Waals surface area contributed by atoms with Gasteiger partial charge in [-0.2, -0.15) is 8.42 Å². The standard InChI is InChI=1S/C30H37NO7S/c1-5-7-9-19(6-2)17-37-22-14-20-10-8-11-23-26(20)24(16-22)28(34)31(27(23)33)38-39(35,36)18-30-13-12-21(15-25(30)32)29(30,3)4/h8,10-11,14,16,19,21H,5-7,9,12-13,15,17-18H2,1-4H3. The minimum atomic E-state index is -4.46. The van der Waals surface area contributed by atoms with E-state index in [1.165, 1.54) is 0 Å². The van der Waals surface area contributed by atoms with Crippen LogP contribution in [0.3, 0.4) is 0 Å². The molecule has 2 aliphatic carbocycles. The van der Waals surface area contributed by atoms with Crippen molar-refractivity contribution in [3.63, 3.8) is 0 Å². The Morgan fingerprint density at radius 3 is 2.46 bits per heavy atom. The van der Waals surface area contributed by atoms with Crippen LogP contribution in [0.1, 0.15) is 93.4 Å². The highest BCUT2D eigenvalue weighted by Crippen LogP contribution is 2.64. The monoisotopic (exact) mass is 555 g/mol. The van der Waals surface area contributed by atoms with E-state index in [-0.39, 0.29) is 22.8 Å². The molecule has 8 nitrogen and oxygen atoms in total. The molecule has 0 aromatic heterocycles. The number of carbonyl (C=O) groups is 3. The highest BCUT2D eigenvalue weighted by Gasteiger charge is 2.65.